The van der Waals surface area contributed by atoms with Gasteiger partial charge in [0.1, 0.15) is 13.2 Å². The maximum Gasteiger partial charge on any atom is 0.306 e. The highest BCUT2D eigenvalue weighted by Crippen LogP contribution is 2.14. The number of hydrogen-bond donors (Lipinski definition) is 0. The van der Waals surface area contributed by atoms with E-state index >= 15 is 0 Å². The third kappa shape index (κ3) is 44.2. The molecule has 0 aromatic heterocycles. The summed E-state index contributed by atoms with van der Waals surface area (Å²) >= 11 is 0. The van der Waals surface area contributed by atoms with Crippen LogP contribution in [-0.2, 0) is 28.6 Å². The van der Waals surface area contributed by atoms with Gasteiger partial charge in [0.2, 0.25) is 0 Å². The topological polar surface area (TPSA) is 78.9 Å². The summed E-state index contributed by atoms with van der Waals surface area (Å²) in [6.45, 7) is 6.41. The van der Waals surface area contributed by atoms with E-state index in [4.69, 9.17) is 14.2 Å². The first kappa shape index (κ1) is 55.1. The van der Waals surface area contributed by atoms with Gasteiger partial charge in [-0.25, -0.2) is 0 Å². The van der Waals surface area contributed by atoms with Crippen LogP contribution in [0.3, 0.4) is 0 Å². The van der Waals surface area contributed by atoms with E-state index in [1.807, 2.05) is 0 Å². The molecule has 0 aliphatic rings. The van der Waals surface area contributed by atoms with Crippen LogP contribution in [0, 0.1) is 0 Å². The molecular formula is C52H90O6. The van der Waals surface area contributed by atoms with E-state index in [2.05, 4.69) is 81.5 Å². The molecule has 0 rings (SSSR count). The van der Waals surface area contributed by atoms with Crippen molar-refractivity contribution in [1.29, 1.82) is 0 Å². The summed E-state index contributed by atoms with van der Waals surface area (Å²) in [4.78, 5) is 37.6. The Labute approximate surface area is 358 Å². The van der Waals surface area contributed by atoms with Crippen molar-refractivity contribution in [2.24, 2.45) is 0 Å². The van der Waals surface area contributed by atoms with Crippen LogP contribution in [-0.4, -0.2) is 37.2 Å². The van der Waals surface area contributed by atoms with Crippen LogP contribution in [0.15, 0.2) is 60.8 Å². The van der Waals surface area contributed by atoms with Crippen LogP contribution >= 0.6 is 0 Å². The minimum atomic E-state index is -0.784. The van der Waals surface area contributed by atoms with Crippen LogP contribution in [0.4, 0.5) is 0 Å². The maximum absolute atomic E-state index is 12.7. The van der Waals surface area contributed by atoms with Gasteiger partial charge in [-0.2, -0.15) is 0 Å². The smallest absolute Gasteiger partial charge is 0.306 e. The van der Waals surface area contributed by atoms with Crippen molar-refractivity contribution in [3.05, 3.63) is 60.8 Å². The zero-order chi connectivity index (χ0) is 42.3. The number of hydrogen-bond acceptors (Lipinski definition) is 6. The largest absolute Gasteiger partial charge is 0.462 e. The van der Waals surface area contributed by atoms with Gasteiger partial charge in [-0.15, -0.1) is 0 Å². The molecule has 0 saturated carbocycles. The zero-order valence-electron chi connectivity index (χ0n) is 38.0. The van der Waals surface area contributed by atoms with Gasteiger partial charge in [-0.05, 0) is 83.5 Å². The third-order valence-corrected chi connectivity index (χ3v) is 10.3. The first-order valence-electron chi connectivity index (χ1n) is 24.3. The van der Waals surface area contributed by atoms with Crippen LogP contribution in [0.25, 0.3) is 0 Å². The molecule has 0 aliphatic heterocycles. The van der Waals surface area contributed by atoms with E-state index < -0.39 is 6.10 Å². The molecule has 0 aromatic rings. The molecule has 0 bridgehead atoms. The Bertz CT molecular complexity index is 1070. The molecular weight excluding hydrogens is 721 g/mol. The molecule has 0 amide bonds. The molecule has 0 aromatic carbocycles. The summed E-state index contributed by atoms with van der Waals surface area (Å²) in [7, 11) is 0. The van der Waals surface area contributed by atoms with Gasteiger partial charge >= 0.3 is 17.9 Å². The molecule has 0 heterocycles. The van der Waals surface area contributed by atoms with Gasteiger partial charge in [0, 0.05) is 19.3 Å². The number of carbonyl (C=O) groups is 3. The monoisotopic (exact) mass is 811 g/mol. The number of ether oxygens (including phenoxy) is 3. The lowest BCUT2D eigenvalue weighted by Crippen LogP contribution is -2.30. The van der Waals surface area contributed by atoms with E-state index in [-0.39, 0.29) is 31.1 Å². The molecule has 6 heteroatoms. The Morgan fingerprint density at radius 3 is 1.07 bits per heavy atom. The van der Waals surface area contributed by atoms with E-state index in [1.165, 1.54) is 89.9 Å². The number of rotatable bonds is 43. The highest BCUT2D eigenvalue weighted by Gasteiger charge is 2.19. The molecule has 0 saturated heterocycles. The predicted octanol–water partition coefficient (Wildman–Crippen LogP) is 15.7. The molecule has 0 aliphatic carbocycles. The Hall–Kier alpha value is -2.89. The minimum absolute atomic E-state index is 0.0866. The second kappa shape index (κ2) is 46.8. The average molecular weight is 811 g/mol. The Balaban J connectivity index is 4.24. The van der Waals surface area contributed by atoms with Gasteiger partial charge in [-0.3, -0.25) is 14.4 Å². The van der Waals surface area contributed by atoms with E-state index in [9.17, 15) is 14.4 Å². The fourth-order valence-electron chi connectivity index (χ4n) is 6.60. The minimum Gasteiger partial charge on any atom is -0.462 e. The van der Waals surface area contributed by atoms with Gasteiger partial charge in [-0.1, -0.05) is 191 Å². The zero-order valence-corrected chi connectivity index (χ0v) is 38.0. The summed E-state index contributed by atoms with van der Waals surface area (Å²) in [5.41, 5.74) is 0. The van der Waals surface area contributed by atoms with Crippen molar-refractivity contribution in [3.63, 3.8) is 0 Å². The highest BCUT2D eigenvalue weighted by atomic mass is 16.6. The fraction of sp³-hybridized carbons (Fsp3) is 0.750. The first-order valence-corrected chi connectivity index (χ1v) is 24.3. The van der Waals surface area contributed by atoms with Crippen LogP contribution < -0.4 is 0 Å². The summed E-state index contributed by atoms with van der Waals surface area (Å²) in [6, 6.07) is 0. The highest BCUT2D eigenvalue weighted by molar-refractivity contribution is 5.71. The van der Waals surface area contributed by atoms with Gasteiger partial charge < -0.3 is 14.2 Å². The maximum atomic E-state index is 12.7. The number of allylic oxidation sites excluding steroid dienone is 10. The van der Waals surface area contributed by atoms with Crippen LogP contribution in [0.5, 0.6) is 0 Å². The van der Waals surface area contributed by atoms with E-state index in [0.29, 0.717) is 19.3 Å². The van der Waals surface area contributed by atoms with E-state index in [0.717, 1.165) is 103 Å². The second-order valence-electron chi connectivity index (χ2n) is 16.0. The Morgan fingerprint density at radius 1 is 0.362 bits per heavy atom. The Morgan fingerprint density at radius 2 is 0.672 bits per heavy atom. The number of carbonyl (C=O) groups excluding carboxylic acids is 3. The summed E-state index contributed by atoms with van der Waals surface area (Å²) in [6.07, 6.45) is 56.7. The lowest BCUT2D eigenvalue weighted by molar-refractivity contribution is -0.167. The SMILES string of the molecule is CC/C=C\C/C=C\C/C=C\C/C=C\CCCCCCC(=O)OC(COC(=O)CCCCCCC)COC(=O)CCCCCCCCC/C=C\CCCCCCCCC. The van der Waals surface area contributed by atoms with Gasteiger partial charge in [0.05, 0.1) is 0 Å². The predicted molar refractivity (Wildman–Crippen MR) is 247 cm³/mol. The summed E-state index contributed by atoms with van der Waals surface area (Å²) in [5, 5.41) is 0. The molecule has 334 valence electrons. The number of esters is 3. The quantitative estimate of drug-likeness (QED) is 0.0264. The molecule has 58 heavy (non-hydrogen) atoms. The molecule has 0 fully saturated rings. The lowest BCUT2D eigenvalue weighted by Gasteiger charge is -2.18. The van der Waals surface area contributed by atoms with Crippen molar-refractivity contribution in [3.8, 4) is 0 Å². The standard InChI is InChI=1S/C52H90O6/c1-4-7-10-13-15-17-19-21-23-25-27-28-30-32-34-36-39-42-45-51(54)57-48-49(47-56-50(53)44-41-38-12-9-6-3)58-52(55)46-43-40-37-35-33-31-29-26-24-22-20-18-16-14-11-8-5-2/h8,11,16,18,22-25,29,31,49H,4-7,9-10,12-15,17,19-21,26-28,30,32-48H2,1-3H3/b11-8-,18-16-,24-22-,25-23-,31-29-. The van der Waals surface area contributed by atoms with Gasteiger partial charge in [0.25, 0.3) is 0 Å². The van der Waals surface area contributed by atoms with Gasteiger partial charge in [0.15, 0.2) is 6.10 Å². The first-order chi connectivity index (χ1) is 28.5. The normalized spacial score (nSPS) is 12.5. The van der Waals surface area contributed by atoms with Crippen molar-refractivity contribution in [2.45, 2.75) is 239 Å². The second-order valence-corrected chi connectivity index (χ2v) is 16.0. The number of unbranched alkanes of at least 4 members (excludes halogenated alkanes) is 22. The van der Waals surface area contributed by atoms with Crippen molar-refractivity contribution in [1.82, 2.24) is 0 Å². The molecule has 6 nitrogen and oxygen atoms in total. The summed E-state index contributed by atoms with van der Waals surface area (Å²) < 4.78 is 16.6. The van der Waals surface area contributed by atoms with Crippen LogP contribution in [0.1, 0.15) is 233 Å². The Kier molecular flexibility index (Phi) is 44.5. The van der Waals surface area contributed by atoms with Crippen molar-refractivity contribution < 1.29 is 28.6 Å². The van der Waals surface area contributed by atoms with Crippen molar-refractivity contribution >= 4 is 17.9 Å². The molecule has 1 atom stereocenters. The van der Waals surface area contributed by atoms with Crippen molar-refractivity contribution in [2.75, 3.05) is 13.2 Å². The average Bonchev–Trinajstić information content (AvgIpc) is 3.22. The molecule has 0 radical (unpaired) electrons. The fourth-order valence-corrected chi connectivity index (χ4v) is 6.60. The molecule has 0 spiro atoms. The third-order valence-electron chi connectivity index (χ3n) is 10.3. The van der Waals surface area contributed by atoms with E-state index in [1.54, 1.807) is 0 Å². The lowest BCUT2D eigenvalue weighted by atomic mass is 10.1. The van der Waals surface area contributed by atoms with Crippen LogP contribution in [0.2, 0.25) is 0 Å². The molecule has 1 unspecified atom stereocenters. The molecule has 0 N–H and O–H groups in total. The summed E-state index contributed by atoms with van der Waals surface area (Å²) in [5.74, 6) is -0.928.